The molecule has 17 heavy (non-hydrogen) atoms. The van der Waals surface area contributed by atoms with Gasteiger partial charge < -0.3 is 19.5 Å². The molecule has 0 saturated carbocycles. The molecule has 0 aliphatic carbocycles. The predicted molar refractivity (Wildman–Crippen MR) is 69.2 cm³/mol. The van der Waals surface area contributed by atoms with Crippen LogP contribution in [-0.4, -0.2) is 32.5 Å². The van der Waals surface area contributed by atoms with E-state index in [1.165, 1.54) is 0 Å². The van der Waals surface area contributed by atoms with Gasteiger partial charge in [0.05, 0.1) is 6.61 Å². The Morgan fingerprint density at radius 3 is 2.82 bits per heavy atom. The average molecular weight is 255 g/mol. The maximum absolute atomic E-state index is 5.76. The van der Waals surface area contributed by atoms with Crippen molar-refractivity contribution in [1.29, 1.82) is 0 Å². The van der Waals surface area contributed by atoms with Crippen molar-refractivity contribution in [2.75, 3.05) is 32.5 Å². The third-order valence-electron chi connectivity index (χ3n) is 2.47. The SMILES string of the molecule is CNCc1cc2c(cc1OCCSC)OCO2. The van der Waals surface area contributed by atoms with E-state index in [1.54, 1.807) is 11.8 Å². The van der Waals surface area contributed by atoms with Gasteiger partial charge in [-0.3, -0.25) is 0 Å². The van der Waals surface area contributed by atoms with Crippen LogP contribution in [0.3, 0.4) is 0 Å². The van der Waals surface area contributed by atoms with Crippen molar-refractivity contribution in [3.63, 3.8) is 0 Å². The molecular weight excluding hydrogens is 238 g/mol. The maximum Gasteiger partial charge on any atom is 0.231 e. The Morgan fingerprint density at radius 1 is 1.35 bits per heavy atom. The van der Waals surface area contributed by atoms with Gasteiger partial charge >= 0.3 is 0 Å². The molecule has 1 N–H and O–H groups in total. The number of hydrogen-bond acceptors (Lipinski definition) is 5. The fraction of sp³-hybridized carbons (Fsp3) is 0.500. The molecule has 1 aromatic carbocycles. The molecule has 0 spiro atoms. The number of rotatable bonds is 6. The minimum Gasteiger partial charge on any atom is -0.492 e. The Morgan fingerprint density at radius 2 is 2.12 bits per heavy atom. The number of fused-ring (bicyclic) bond motifs is 1. The first kappa shape index (κ1) is 12.4. The van der Waals surface area contributed by atoms with E-state index in [9.17, 15) is 0 Å². The molecule has 1 aliphatic rings. The second-order valence-corrected chi connectivity index (χ2v) is 4.67. The molecule has 94 valence electrons. The van der Waals surface area contributed by atoms with Crippen molar-refractivity contribution in [3.8, 4) is 17.2 Å². The van der Waals surface area contributed by atoms with Crippen LogP contribution in [0.1, 0.15) is 5.56 Å². The lowest BCUT2D eigenvalue weighted by Gasteiger charge is -2.12. The second-order valence-electron chi connectivity index (χ2n) is 3.68. The topological polar surface area (TPSA) is 39.7 Å². The van der Waals surface area contributed by atoms with Gasteiger partial charge in [0.15, 0.2) is 11.5 Å². The van der Waals surface area contributed by atoms with Crippen LogP contribution in [0, 0.1) is 0 Å². The third-order valence-corrected chi connectivity index (χ3v) is 3.04. The highest BCUT2D eigenvalue weighted by molar-refractivity contribution is 7.98. The van der Waals surface area contributed by atoms with Crippen molar-refractivity contribution < 1.29 is 14.2 Å². The average Bonchev–Trinajstić information content (AvgIpc) is 2.77. The Kier molecular flexibility index (Phi) is 4.39. The molecule has 0 radical (unpaired) electrons. The largest absolute Gasteiger partial charge is 0.492 e. The Labute approximate surface area is 106 Å². The number of benzene rings is 1. The number of ether oxygens (including phenoxy) is 3. The number of nitrogens with one attached hydrogen (secondary N) is 1. The van der Waals surface area contributed by atoms with Crippen LogP contribution in [0.5, 0.6) is 17.2 Å². The molecular formula is C12H17NO3S. The summed E-state index contributed by atoms with van der Waals surface area (Å²) in [5.41, 5.74) is 1.10. The quantitative estimate of drug-likeness (QED) is 0.786. The van der Waals surface area contributed by atoms with Gasteiger partial charge in [-0.25, -0.2) is 0 Å². The maximum atomic E-state index is 5.76. The summed E-state index contributed by atoms with van der Waals surface area (Å²) >= 11 is 1.77. The van der Waals surface area contributed by atoms with Gasteiger partial charge in [-0.1, -0.05) is 0 Å². The third kappa shape index (κ3) is 2.98. The highest BCUT2D eigenvalue weighted by Gasteiger charge is 2.17. The van der Waals surface area contributed by atoms with Gasteiger partial charge in [0.2, 0.25) is 6.79 Å². The molecule has 5 heteroatoms. The van der Waals surface area contributed by atoms with Crippen LogP contribution in [0.4, 0.5) is 0 Å². The first-order chi connectivity index (χ1) is 8.35. The zero-order valence-corrected chi connectivity index (χ0v) is 10.9. The fourth-order valence-corrected chi connectivity index (χ4v) is 1.91. The molecule has 1 heterocycles. The molecule has 0 fully saturated rings. The predicted octanol–water partition coefficient (Wildman–Crippen LogP) is 1.88. The molecule has 0 atom stereocenters. The zero-order valence-electron chi connectivity index (χ0n) is 10.1. The smallest absolute Gasteiger partial charge is 0.231 e. The summed E-state index contributed by atoms with van der Waals surface area (Å²) in [7, 11) is 1.91. The summed E-state index contributed by atoms with van der Waals surface area (Å²) in [6, 6.07) is 3.89. The number of thioether (sulfide) groups is 1. The standard InChI is InChI=1S/C12H17NO3S/c1-13-7-9-5-11-12(16-8-15-11)6-10(9)14-3-4-17-2/h5-6,13H,3-4,7-8H2,1-2H3. The molecule has 0 bridgehead atoms. The zero-order chi connectivity index (χ0) is 12.1. The van der Waals surface area contributed by atoms with Gasteiger partial charge in [-0.05, 0) is 19.4 Å². The normalized spacial score (nSPS) is 12.8. The summed E-state index contributed by atoms with van der Waals surface area (Å²) < 4.78 is 16.5. The molecule has 0 unspecified atom stereocenters. The molecule has 1 aromatic rings. The van der Waals surface area contributed by atoms with E-state index in [0.717, 1.165) is 35.1 Å². The minimum atomic E-state index is 0.294. The van der Waals surface area contributed by atoms with E-state index < -0.39 is 0 Å². The lowest BCUT2D eigenvalue weighted by atomic mass is 10.1. The van der Waals surface area contributed by atoms with Gasteiger partial charge in [-0.15, -0.1) is 0 Å². The molecule has 2 rings (SSSR count). The molecule has 4 nitrogen and oxygen atoms in total. The van der Waals surface area contributed by atoms with Crippen molar-refractivity contribution in [2.45, 2.75) is 6.54 Å². The molecule has 0 saturated heterocycles. The Balaban J connectivity index is 2.15. The summed E-state index contributed by atoms with van der Waals surface area (Å²) in [6.45, 7) is 1.76. The van der Waals surface area contributed by atoms with Gasteiger partial charge in [0, 0.05) is 23.9 Å². The van der Waals surface area contributed by atoms with Crippen LogP contribution < -0.4 is 19.5 Å². The van der Waals surface area contributed by atoms with Crippen LogP contribution in [-0.2, 0) is 6.54 Å². The van der Waals surface area contributed by atoms with Crippen LogP contribution >= 0.6 is 11.8 Å². The number of hydrogen-bond donors (Lipinski definition) is 1. The Bertz CT molecular complexity index is 384. The van der Waals surface area contributed by atoms with Crippen LogP contribution in [0.15, 0.2) is 12.1 Å². The van der Waals surface area contributed by atoms with E-state index >= 15 is 0 Å². The molecule has 0 aromatic heterocycles. The lowest BCUT2D eigenvalue weighted by molar-refractivity contribution is 0.173. The van der Waals surface area contributed by atoms with Crippen molar-refractivity contribution in [3.05, 3.63) is 17.7 Å². The summed E-state index contributed by atoms with van der Waals surface area (Å²) in [6.07, 6.45) is 2.07. The summed E-state index contributed by atoms with van der Waals surface area (Å²) in [5, 5.41) is 3.12. The minimum absolute atomic E-state index is 0.294. The van der Waals surface area contributed by atoms with E-state index in [4.69, 9.17) is 14.2 Å². The van der Waals surface area contributed by atoms with Gasteiger partial charge in [0.25, 0.3) is 0 Å². The molecule has 1 aliphatic heterocycles. The van der Waals surface area contributed by atoms with Crippen molar-refractivity contribution >= 4 is 11.8 Å². The van der Waals surface area contributed by atoms with Crippen molar-refractivity contribution in [1.82, 2.24) is 5.32 Å². The first-order valence-corrected chi connectivity index (χ1v) is 6.93. The highest BCUT2D eigenvalue weighted by Crippen LogP contribution is 2.38. The fourth-order valence-electron chi connectivity index (χ4n) is 1.66. The van der Waals surface area contributed by atoms with Crippen LogP contribution in [0.2, 0.25) is 0 Å². The van der Waals surface area contributed by atoms with Gasteiger partial charge in [0.1, 0.15) is 5.75 Å². The summed E-state index contributed by atoms with van der Waals surface area (Å²) in [4.78, 5) is 0. The highest BCUT2D eigenvalue weighted by atomic mass is 32.2. The van der Waals surface area contributed by atoms with Gasteiger partial charge in [-0.2, -0.15) is 11.8 Å². The van der Waals surface area contributed by atoms with Crippen LogP contribution in [0.25, 0.3) is 0 Å². The summed E-state index contributed by atoms with van der Waals surface area (Å²) in [5.74, 6) is 3.42. The van der Waals surface area contributed by atoms with E-state index in [-0.39, 0.29) is 0 Å². The van der Waals surface area contributed by atoms with E-state index in [1.807, 2.05) is 19.2 Å². The molecule has 0 amide bonds. The van der Waals surface area contributed by atoms with E-state index in [2.05, 4.69) is 11.6 Å². The monoisotopic (exact) mass is 255 g/mol. The Hall–Kier alpha value is -1.07. The van der Waals surface area contributed by atoms with E-state index in [0.29, 0.717) is 13.4 Å². The lowest BCUT2D eigenvalue weighted by Crippen LogP contribution is -2.09. The second kappa shape index (κ2) is 6.02. The first-order valence-electron chi connectivity index (χ1n) is 5.54. The van der Waals surface area contributed by atoms with Crippen molar-refractivity contribution in [2.24, 2.45) is 0 Å².